The van der Waals surface area contributed by atoms with Crippen molar-refractivity contribution in [3.8, 4) is 0 Å². The highest BCUT2D eigenvalue weighted by molar-refractivity contribution is 6.03. The molecule has 0 aliphatic heterocycles. The molecule has 0 saturated carbocycles. The van der Waals surface area contributed by atoms with Crippen molar-refractivity contribution in [3.63, 3.8) is 0 Å². The van der Waals surface area contributed by atoms with Gasteiger partial charge in [0.2, 0.25) is 0 Å². The number of ether oxygens (including phenoxy) is 2. The maximum Gasteiger partial charge on any atom is 0.339 e. The average molecular weight is 408 g/mol. The molecule has 1 rings (SSSR count). The molecule has 0 bridgehead atoms. The van der Waals surface area contributed by atoms with Gasteiger partial charge in [0.1, 0.15) is 0 Å². The molecule has 0 aliphatic rings. The molecule has 0 atom stereocenters. The fourth-order valence-electron chi connectivity index (χ4n) is 2.89. The molecular formula is C22H33NO6. The summed E-state index contributed by atoms with van der Waals surface area (Å²) >= 11 is 0. The van der Waals surface area contributed by atoms with Gasteiger partial charge in [-0.1, -0.05) is 65.2 Å². The molecule has 0 amide bonds. The quantitative estimate of drug-likeness (QED) is 0.157. The molecule has 0 saturated heterocycles. The van der Waals surface area contributed by atoms with Gasteiger partial charge in [-0.15, -0.1) is 0 Å². The van der Waals surface area contributed by atoms with E-state index in [4.69, 9.17) is 9.47 Å². The molecule has 1 aromatic rings. The first kappa shape index (κ1) is 24.6. The van der Waals surface area contributed by atoms with Crippen molar-refractivity contribution in [3.05, 3.63) is 39.4 Å². The lowest BCUT2D eigenvalue weighted by molar-refractivity contribution is -0.384. The highest BCUT2D eigenvalue weighted by Gasteiger charge is 2.23. The lowest BCUT2D eigenvalue weighted by Crippen LogP contribution is -2.15. The first-order valence-electron chi connectivity index (χ1n) is 10.6. The molecular weight excluding hydrogens is 374 g/mol. The number of nitro groups is 1. The van der Waals surface area contributed by atoms with Gasteiger partial charge in [0.15, 0.2) is 0 Å². The maximum absolute atomic E-state index is 12.4. The molecule has 0 fully saturated rings. The second-order valence-corrected chi connectivity index (χ2v) is 7.09. The molecule has 0 aromatic heterocycles. The van der Waals surface area contributed by atoms with Crippen LogP contribution in [0.1, 0.15) is 98.8 Å². The molecule has 7 nitrogen and oxygen atoms in total. The molecule has 0 radical (unpaired) electrons. The van der Waals surface area contributed by atoms with E-state index in [1.54, 1.807) is 0 Å². The Morgan fingerprint density at radius 3 is 1.76 bits per heavy atom. The Hall–Kier alpha value is -2.44. The van der Waals surface area contributed by atoms with E-state index in [1.165, 1.54) is 12.1 Å². The lowest BCUT2D eigenvalue weighted by atomic mass is 10.1. The summed E-state index contributed by atoms with van der Waals surface area (Å²) in [6.45, 7) is 4.72. The molecule has 162 valence electrons. The van der Waals surface area contributed by atoms with Crippen molar-refractivity contribution in [1.29, 1.82) is 0 Å². The van der Waals surface area contributed by atoms with E-state index >= 15 is 0 Å². The van der Waals surface area contributed by atoms with Gasteiger partial charge in [-0.2, -0.15) is 0 Å². The van der Waals surface area contributed by atoms with Crippen molar-refractivity contribution < 1.29 is 24.0 Å². The smallest absolute Gasteiger partial charge is 0.339 e. The Morgan fingerprint density at radius 2 is 1.28 bits per heavy atom. The largest absolute Gasteiger partial charge is 0.462 e. The summed E-state index contributed by atoms with van der Waals surface area (Å²) in [4.78, 5) is 35.3. The zero-order valence-corrected chi connectivity index (χ0v) is 17.6. The predicted molar refractivity (Wildman–Crippen MR) is 111 cm³/mol. The number of carbonyl (C=O) groups excluding carboxylic acids is 2. The summed E-state index contributed by atoms with van der Waals surface area (Å²) in [6.07, 6.45) is 10.1. The van der Waals surface area contributed by atoms with Crippen molar-refractivity contribution in [2.24, 2.45) is 0 Å². The van der Waals surface area contributed by atoms with Crippen molar-refractivity contribution in [2.45, 2.75) is 78.1 Å². The standard InChI is InChI=1S/C22H33NO6/c1-3-5-7-9-11-15-28-21(24)19-14-13-18(23(26)27)17-20(19)22(25)29-16-12-10-8-6-4-2/h13-14,17H,3-12,15-16H2,1-2H3. The Balaban J connectivity index is 2.69. The van der Waals surface area contributed by atoms with Crippen LogP contribution in [0.3, 0.4) is 0 Å². The molecule has 0 aliphatic carbocycles. The molecule has 7 heteroatoms. The second kappa shape index (κ2) is 14.5. The van der Waals surface area contributed by atoms with Crippen LogP contribution in [0.25, 0.3) is 0 Å². The predicted octanol–water partition coefficient (Wildman–Crippen LogP) is 5.85. The van der Waals surface area contributed by atoms with E-state index in [0.717, 1.165) is 70.3 Å². The van der Waals surface area contributed by atoms with Crippen molar-refractivity contribution >= 4 is 17.6 Å². The zero-order valence-electron chi connectivity index (χ0n) is 17.6. The molecule has 0 spiro atoms. The number of esters is 2. The summed E-state index contributed by atoms with van der Waals surface area (Å²) in [6, 6.07) is 3.53. The van der Waals surface area contributed by atoms with Crippen LogP contribution in [0.4, 0.5) is 5.69 Å². The van der Waals surface area contributed by atoms with E-state index in [9.17, 15) is 19.7 Å². The first-order valence-corrected chi connectivity index (χ1v) is 10.6. The van der Waals surface area contributed by atoms with Gasteiger partial charge >= 0.3 is 11.9 Å². The van der Waals surface area contributed by atoms with Gasteiger partial charge in [-0.25, -0.2) is 9.59 Å². The van der Waals surface area contributed by atoms with E-state index in [0.29, 0.717) is 0 Å². The number of hydrogen-bond donors (Lipinski definition) is 0. The fourth-order valence-corrected chi connectivity index (χ4v) is 2.89. The molecule has 1 aromatic carbocycles. The van der Waals surface area contributed by atoms with Gasteiger partial charge in [0.05, 0.1) is 29.3 Å². The zero-order chi connectivity index (χ0) is 21.5. The van der Waals surface area contributed by atoms with Gasteiger partial charge in [-0.05, 0) is 18.9 Å². The normalized spacial score (nSPS) is 10.6. The lowest BCUT2D eigenvalue weighted by Gasteiger charge is -2.10. The third-order valence-corrected chi connectivity index (χ3v) is 4.62. The van der Waals surface area contributed by atoms with Gasteiger partial charge in [0.25, 0.3) is 5.69 Å². The number of rotatable bonds is 15. The Bertz CT molecular complexity index is 659. The van der Waals surface area contributed by atoms with Crippen LogP contribution in [0.15, 0.2) is 18.2 Å². The third kappa shape index (κ3) is 9.54. The van der Waals surface area contributed by atoms with E-state index in [-0.39, 0.29) is 30.0 Å². The highest BCUT2D eigenvalue weighted by atomic mass is 16.6. The summed E-state index contributed by atoms with van der Waals surface area (Å²) in [5.41, 5.74) is -0.389. The monoisotopic (exact) mass is 407 g/mol. The second-order valence-electron chi connectivity index (χ2n) is 7.09. The van der Waals surface area contributed by atoms with Crippen LogP contribution in [-0.4, -0.2) is 30.1 Å². The number of nitrogens with zero attached hydrogens (tertiary/aromatic N) is 1. The first-order chi connectivity index (χ1) is 14.0. The van der Waals surface area contributed by atoms with Crippen LogP contribution in [0.2, 0.25) is 0 Å². The SMILES string of the molecule is CCCCCCCOC(=O)c1ccc([N+](=O)[O-])cc1C(=O)OCCCCCCC. The fraction of sp³-hybridized carbons (Fsp3) is 0.636. The van der Waals surface area contributed by atoms with Gasteiger partial charge in [-0.3, -0.25) is 10.1 Å². The van der Waals surface area contributed by atoms with Crippen LogP contribution in [0.5, 0.6) is 0 Å². The summed E-state index contributed by atoms with van der Waals surface area (Å²) in [5, 5.41) is 11.1. The molecule has 0 unspecified atom stereocenters. The van der Waals surface area contributed by atoms with Crippen LogP contribution < -0.4 is 0 Å². The highest BCUT2D eigenvalue weighted by Crippen LogP contribution is 2.20. The van der Waals surface area contributed by atoms with Crippen molar-refractivity contribution in [1.82, 2.24) is 0 Å². The number of unbranched alkanes of at least 4 members (excludes halogenated alkanes) is 8. The van der Waals surface area contributed by atoms with Crippen LogP contribution in [0, 0.1) is 10.1 Å². The van der Waals surface area contributed by atoms with E-state index in [1.807, 2.05) is 0 Å². The summed E-state index contributed by atoms with van der Waals surface area (Å²) in [7, 11) is 0. The van der Waals surface area contributed by atoms with Crippen LogP contribution >= 0.6 is 0 Å². The maximum atomic E-state index is 12.4. The number of hydrogen-bond acceptors (Lipinski definition) is 6. The van der Waals surface area contributed by atoms with Gasteiger partial charge < -0.3 is 9.47 Å². The van der Waals surface area contributed by atoms with Gasteiger partial charge in [0, 0.05) is 12.1 Å². The third-order valence-electron chi connectivity index (χ3n) is 4.62. The van der Waals surface area contributed by atoms with Crippen molar-refractivity contribution in [2.75, 3.05) is 13.2 Å². The number of carbonyl (C=O) groups is 2. The van der Waals surface area contributed by atoms with E-state index in [2.05, 4.69) is 13.8 Å². The van der Waals surface area contributed by atoms with E-state index < -0.39 is 16.9 Å². The average Bonchev–Trinajstić information content (AvgIpc) is 2.72. The number of non-ortho nitro benzene ring substituents is 1. The number of nitro benzene ring substituents is 1. The topological polar surface area (TPSA) is 95.7 Å². The minimum absolute atomic E-state index is 0.000131. The summed E-state index contributed by atoms with van der Waals surface area (Å²) in [5.74, 6) is -1.40. The Labute approximate surface area is 172 Å². The molecule has 0 N–H and O–H groups in total. The Morgan fingerprint density at radius 1 is 0.793 bits per heavy atom. The Kier molecular flexibility index (Phi) is 12.3. The minimum Gasteiger partial charge on any atom is -0.462 e. The molecule has 29 heavy (non-hydrogen) atoms. The van der Waals surface area contributed by atoms with Crippen LogP contribution in [-0.2, 0) is 9.47 Å². The summed E-state index contributed by atoms with van der Waals surface area (Å²) < 4.78 is 10.5. The minimum atomic E-state index is -0.737. The number of benzene rings is 1. The molecule has 0 heterocycles.